The van der Waals surface area contributed by atoms with Crippen LogP contribution in [0, 0.1) is 5.92 Å². The van der Waals surface area contributed by atoms with Crippen LogP contribution in [0.4, 0.5) is 0 Å². The summed E-state index contributed by atoms with van der Waals surface area (Å²) in [5.41, 5.74) is 3.64. The summed E-state index contributed by atoms with van der Waals surface area (Å²) in [7, 11) is -3.42. The van der Waals surface area contributed by atoms with Crippen molar-refractivity contribution in [1.29, 1.82) is 0 Å². The van der Waals surface area contributed by atoms with Gasteiger partial charge in [-0.1, -0.05) is 37.3 Å². The second-order valence-electron chi connectivity index (χ2n) is 8.96. The molecule has 2 aromatic carbocycles. The molecule has 7 heteroatoms. The van der Waals surface area contributed by atoms with Gasteiger partial charge in [-0.2, -0.15) is 0 Å². The number of nitrogens with zero attached hydrogens (tertiary/aromatic N) is 2. The average Bonchev–Trinajstić information content (AvgIpc) is 3.19. The number of ether oxygens (including phenoxy) is 1. The van der Waals surface area contributed by atoms with Crippen LogP contribution in [0.5, 0.6) is 5.75 Å². The van der Waals surface area contributed by atoms with Crippen LogP contribution in [-0.4, -0.2) is 50.1 Å². The summed E-state index contributed by atoms with van der Waals surface area (Å²) in [5.74, 6) is 0.944. The molecule has 2 heterocycles. The van der Waals surface area contributed by atoms with Gasteiger partial charge in [0, 0.05) is 45.4 Å². The van der Waals surface area contributed by atoms with Crippen LogP contribution in [0.1, 0.15) is 42.9 Å². The van der Waals surface area contributed by atoms with Crippen molar-refractivity contribution in [2.45, 2.75) is 50.7 Å². The van der Waals surface area contributed by atoms with E-state index in [1.807, 2.05) is 17.9 Å². The first-order valence-electron chi connectivity index (χ1n) is 11.4. The van der Waals surface area contributed by atoms with Crippen LogP contribution in [0.25, 0.3) is 0 Å². The molecule has 1 fully saturated rings. The van der Waals surface area contributed by atoms with Crippen LogP contribution in [0.15, 0.2) is 47.4 Å². The van der Waals surface area contributed by atoms with Gasteiger partial charge in [0.1, 0.15) is 10.6 Å². The normalized spacial score (nSPS) is 17.4. The van der Waals surface area contributed by atoms with Gasteiger partial charge in [0.15, 0.2) is 9.84 Å². The van der Waals surface area contributed by atoms with Gasteiger partial charge in [0.05, 0.1) is 6.61 Å². The summed E-state index contributed by atoms with van der Waals surface area (Å²) in [4.78, 5) is 16.3. The molecule has 0 spiro atoms. The molecular formula is C25H32N2O4S. The van der Waals surface area contributed by atoms with Crippen molar-refractivity contribution < 1.29 is 17.9 Å². The third-order valence-corrected chi connectivity index (χ3v) is 7.58. The van der Waals surface area contributed by atoms with Crippen molar-refractivity contribution >= 4 is 15.7 Å². The molecule has 32 heavy (non-hydrogen) atoms. The maximum Gasteiger partial charge on any atom is 0.222 e. The molecule has 0 radical (unpaired) electrons. The Bertz CT molecular complexity index is 1050. The number of carbonyl (C=O) groups is 1. The van der Waals surface area contributed by atoms with Crippen molar-refractivity contribution in [2.24, 2.45) is 5.92 Å². The number of benzene rings is 2. The number of sulfone groups is 1. The molecule has 4 rings (SSSR count). The summed E-state index contributed by atoms with van der Waals surface area (Å²) >= 11 is 0. The predicted molar refractivity (Wildman–Crippen MR) is 124 cm³/mol. The van der Waals surface area contributed by atoms with Gasteiger partial charge in [0.2, 0.25) is 5.91 Å². The summed E-state index contributed by atoms with van der Waals surface area (Å²) in [6, 6.07) is 13.9. The Balaban J connectivity index is 1.39. The molecule has 172 valence electrons. The first-order valence-corrected chi connectivity index (χ1v) is 13.3. The monoisotopic (exact) mass is 456 g/mol. The third kappa shape index (κ3) is 5.33. The van der Waals surface area contributed by atoms with Gasteiger partial charge in [-0.3, -0.25) is 9.69 Å². The molecule has 1 amide bonds. The lowest BCUT2D eigenvalue weighted by molar-refractivity contribution is -0.132. The zero-order valence-corrected chi connectivity index (χ0v) is 19.7. The Morgan fingerprint density at radius 2 is 1.72 bits per heavy atom. The topological polar surface area (TPSA) is 66.9 Å². The van der Waals surface area contributed by atoms with Crippen molar-refractivity contribution in [2.75, 3.05) is 26.0 Å². The lowest BCUT2D eigenvalue weighted by Gasteiger charge is -2.31. The van der Waals surface area contributed by atoms with E-state index in [9.17, 15) is 13.2 Å². The number of piperidine rings is 1. The molecule has 1 saturated heterocycles. The summed E-state index contributed by atoms with van der Waals surface area (Å²) in [6.45, 7) is 6.30. The molecule has 0 atom stereocenters. The zero-order valence-electron chi connectivity index (χ0n) is 18.9. The van der Waals surface area contributed by atoms with Crippen LogP contribution in [0.3, 0.4) is 0 Å². The minimum absolute atomic E-state index is 0.195. The highest BCUT2D eigenvalue weighted by Crippen LogP contribution is 2.29. The van der Waals surface area contributed by atoms with Gasteiger partial charge >= 0.3 is 0 Å². The van der Waals surface area contributed by atoms with Crippen LogP contribution in [-0.2, 0) is 34.3 Å². The van der Waals surface area contributed by atoms with E-state index in [-0.39, 0.29) is 10.8 Å². The lowest BCUT2D eigenvalue weighted by atomic mass is 9.97. The number of carbonyl (C=O) groups excluding carboxylic acids is 1. The average molecular weight is 457 g/mol. The highest BCUT2D eigenvalue weighted by atomic mass is 32.2. The van der Waals surface area contributed by atoms with E-state index in [4.69, 9.17) is 4.74 Å². The fourth-order valence-corrected chi connectivity index (χ4v) is 5.47. The quantitative estimate of drug-likeness (QED) is 0.637. The van der Waals surface area contributed by atoms with Gasteiger partial charge in [-0.15, -0.1) is 0 Å². The Labute approximate surface area is 191 Å². The minimum Gasteiger partial charge on any atom is -0.492 e. The first-order chi connectivity index (χ1) is 15.3. The maximum absolute atomic E-state index is 12.5. The van der Waals surface area contributed by atoms with Gasteiger partial charge in [0.25, 0.3) is 0 Å². The van der Waals surface area contributed by atoms with Gasteiger partial charge < -0.3 is 9.64 Å². The fraction of sp³-hybridized carbons (Fsp3) is 0.480. The summed E-state index contributed by atoms with van der Waals surface area (Å²) in [6.07, 6.45) is 3.54. The van der Waals surface area contributed by atoms with Crippen LogP contribution >= 0.6 is 0 Å². The van der Waals surface area contributed by atoms with E-state index >= 15 is 0 Å². The van der Waals surface area contributed by atoms with Crippen LogP contribution < -0.4 is 4.74 Å². The molecular weight excluding hydrogens is 424 g/mol. The first kappa shape index (κ1) is 22.8. The lowest BCUT2D eigenvalue weighted by Crippen LogP contribution is -2.39. The van der Waals surface area contributed by atoms with Gasteiger partial charge in [-0.05, 0) is 47.6 Å². The summed E-state index contributed by atoms with van der Waals surface area (Å²) < 4.78 is 31.0. The Kier molecular flexibility index (Phi) is 6.86. The molecule has 0 saturated carbocycles. The number of amides is 1. The van der Waals surface area contributed by atoms with E-state index in [2.05, 4.69) is 29.2 Å². The molecule has 2 aliphatic rings. The van der Waals surface area contributed by atoms with E-state index in [1.54, 1.807) is 12.1 Å². The SMILES string of the molecule is CCC(=O)N1CCC(COc2ccc(CN3Cc4ccccc4C3)cc2S(C)(=O)=O)CC1. The minimum atomic E-state index is -3.42. The fourth-order valence-electron chi connectivity index (χ4n) is 4.61. The molecule has 0 bridgehead atoms. The van der Waals surface area contributed by atoms with Crippen molar-refractivity contribution in [3.8, 4) is 5.75 Å². The van der Waals surface area contributed by atoms with E-state index in [1.165, 1.54) is 17.4 Å². The van der Waals surface area contributed by atoms with E-state index < -0.39 is 9.84 Å². The van der Waals surface area contributed by atoms with Crippen molar-refractivity contribution in [3.05, 3.63) is 59.2 Å². The Morgan fingerprint density at radius 1 is 1.06 bits per heavy atom. The molecule has 0 aromatic heterocycles. The van der Waals surface area contributed by atoms with Crippen molar-refractivity contribution in [1.82, 2.24) is 9.80 Å². The highest BCUT2D eigenvalue weighted by molar-refractivity contribution is 7.90. The van der Waals surface area contributed by atoms with E-state index in [0.29, 0.717) is 31.2 Å². The Morgan fingerprint density at radius 3 is 2.31 bits per heavy atom. The van der Waals surface area contributed by atoms with E-state index in [0.717, 1.165) is 44.6 Å². The predicted octanol–water partition coefficient (Wildman–Crippen LogP) is 3.63. The standard InChI is InChI=1S/C25H32N2O4S/c1-3-25(28)27-12-10-19(11-13-27)18-31-23-9-8-20(14-24(23)32(2,29)30)15-26-16-21-6-4-5-7-22(21)17-26/h4-9,14,19H,3,10-13,15-18H2,1-2H3. The zero-order chi connectivity index (χ0) is 22.7. The number of rotatable bonds is 7. The molecule has 0 unspecified atom stereocenters. The van der Waals surface area contributed by atoms with Gasteiger partial charge in [-0.25, -0.2) is 8.42 Å². The van der Waals surface area contributed by atoms with Crippen LogP contribution in [0.2, 0.25) is 0 Å². The largest absolute Gasteiger partial charge is 0.492 e. The number of likely N-dealkylation sites (tertiary alicyclic amines) is 1. The number of hydrogen-bond donors (Lipinski definition) is 0. The molecule has 2 aromatic rings. The summed E-state index contributed by atoms with van der Waals surface area (Å²) in [5, 5.41) is 0. The second kappa shape index (κ2) is 9.63. The third-order valence-electron chi connectivity index (χ3n) is 6.46. The molecule has 2 aliphatic heterocycles. The second-order valence-corrected chi connectivity index (χ2v) is 10.9. The maximum atomic E-state index is 12.5. The Hall–Kier alpha value is -2.38. The molecule has 0 N–H and O–H groups in total. The number of fused-ring (bicyclic) bond motifs is 1. The number of hydrogen-bond acceptors (Lipinski definition) is 5. The molecule has 6 nitrogen and oxygen atoms in total. The molecule has 0 aliphatic carbocycles. The highest BCUT2D eigenvalue weighted by Gasteiger charge is 2.24. The van der Waals surface area contributed by atoms with Crippen molar-refractivity contribution in [3.63, 3.8) is 0 Å². The smallest absolute Gasteiger partial charge is 0.222 e.